The predicted octanol–water partition coefficient (Wildman–Crippen LogP) is 3.73. The van der Waals surface area contributed by atoms with Crippen LogP contribution in [0, 0.1) is 5.92 Å². The molecule has 2 aromatic heterocycles. The van der Waals surface area contributed by atoms with Gasteiger partial charge in [0.15, 0.2) is 5.82 Å². The van der Waals surface area contributed by atoms with Gasteiger partial charge in [-0.2, -0.15) is 0 Å². The molecule has 1 aliphatic heterocycles. The van der Waals surface area contributed by atoms with Gasteiger partial charge in [0.05, 0.1) is 29.6 Å². The molecule has 9 heteroatoms. The molecule has 0 bridgehead atoms. The Balaban J connectivity index is 1.49. The number of carbonyl (C=O) groups is 2. The Hall–Kier alpha value is -3.62. The molecule has 3 heterocycles. The van der Waals surface area contributed by atoms with E-state index in [2.05, 4.69) is 4.98 Å². The van der Waals surface area contributed by atoms with Crippen LogP contribution in [0.3, 0.4) is 0 Å². The largest absolute Gasteiger partial charge is 0.467 e. The highest BCUT2D eigenvalue weighted by Crippen LogP contribution is 2.21. The molecule has 1 aliphatic rings. The molecule has 0 spiro atoms. The van der Waals surface area contributed by atoms with Crippen LogP contribution < -0.4 is 5.56 Å². The number of carbonyl (C=O) groups excluding carboxylic acids is 2. The van der Waals surface area contributed by atoms with Crippen molar-refractivity contribution in [3.8, 4) is 0 Å². The first-order valence-corrected chi connectivity index (χ1v) is 11.4. The number of para-hydroxylation sites is 1. The Bertz CT molecular complexity index is 1230. The number of piperidine rings is 1. The van der Waals surface area contributed by atoms with Gasteiger partial charge in [-0.15, -0.1) is 0 Å². The van der Waals surface area contributed by atoms with Crippen LogP contribution in [0.2, 0.25) is 0 Å². The second-order valence-corrected chi connectivity index (χ2v) is 9.39. The zero-order valence-corrected chi connectivity index (χ0v) is 19.7. The lowest BCUT2D eigenvalue weighted by Crippen LogP contribution is -2.45. The summed E-state index contributed by atoms with van der Waals surface area (Å²) in [6.07, 6.45) is 2.39. The molecular weight excluding hydrogens is 438 g/mol. The Labute approximate surface area is 197 Å². The number of fused-ring (bicyclic) bond motifs is 1. The molecular formula is C25H29N3O6. The lowest BCUT2D eigenvalue weighted by Gasteiger charge is -2.33. The minimum Gasteiger partial charge on any atom is -0.467 e. The lowest BCUT2D eigenvalue weighted by atomic mass is 9.98. The Morgan fingerprint density at radius 3 is 2.71 bits per heavy atom. The minimum atomic E-state index is -0.607. The van der Waals surface area contributed by atoms with E-state index in [1.165, 1.54) is 10.8 Å². The standard InChI is InChI=1S/C25H29N3O6/c1-25(2,3)34-24(31)27-12-6-8-17(14-27)23(30)33-16-21-26-20-11-5-4-10-19(20)22(29)28(21)15-18-9-7-13-32-18/h4-5,7,9-11,13,17H,6,8,12,14-16H2,1-3H3. The van der Waals surface area contributed by atoms with Crippen molar-refractivity contribution in [3.63, 3.8) is 0 Å². The van der Waals surface area contributed by atoms with E-state index in [-0.39, 0.29) is 25.3 Å². The number of amides is 1. The van der Waals surface area contributed by atoms with Crippen molar-refractivity contribution < 1.29 is 23.5 Å². The molecule has 1 unspecified atom stereocenters. The number of aromatic nitrogens is 2. The van der Waals surface area contributed by atoms with Crippen LogP contribution in [-0.2, 0) is 27.4 Å². The van der Waals surface area contributed by atoms with Crippen LogP contribution in [0.1, 0.15) is 45.2 Å². The molecule has 180 valence electrons. The topological polar surface area (TPSA) is 104 Å². The van der Waals surface area contributed by atoms with Crippen LogP contribution >= 0.6 is 0 Å². The van der Waals surface area contributed by atoms with Gasteiger partial charge in [0.2, 0.25) is 0 Å². The number of likely N-dealkylation sites (tertiary alicyclic amines) is 1. The Kier molecular flexibility index (Phi) is 6.72. The van der Waals surface area contributed by atoms with E-state index < -0.39 is 23.6 Å². The quantitative estimate of drug-likeness (QED) is 0.527. The van der Waals surface area contributed by atoms with Crippen molar-refractivity contribution in [2.24, 2.45) is 5.92 Å². The van der Waals surface area contributed by atoms with Gasteiger partial charge in [0.1, 0.15) is 18.0 Å². The summed E-state index contributed by atoms with van der Waals surface area (Å²) >= 11 is 0. The van der Waals surface area contributed by atoms with Crippen LogP contribution in [0.15, 0.2) is 51.9 Å². The smallest absolute Gasteiger partial charge is 0.410 e. The molecule has 0 N–H and O–H groups in total. The molecule has 0 aliphatic carbocycles. The number of furan rings is 1. The fourth-order valence-electron chi connectivity index (χ4n) is 3.96. The third-order valence-electron chi connectivity index (χ3n) is 5.58. The zero-order chi connectivity index (χ0) is 24.3. The highest BCUT2D eigenvalue weighted by atomic mass is 16.6. The summed E-state index contributed by atoms with van der Waals surface area (Å²) in [5.74, 6) is 0.0208. The first kappa shape index (κ1) is 23.5. The van der Waals surface area contributed by atoms with Crippen molar-refractivity contribution >= 4 is 23.0 Å². The van der Waals surface area contributed by atoms with Crippen molar-refractivity contribution in [2.45, 2.75) is 52.4 Å². The third-order valence-corrected chi connectivity index (χ3v) is 5.58. The highest BCUT2D eigenvalue weighted by Gasteiger charge is 2.32. The third kappa shape index (κ3) is 5.47. The van der Waals surface area contributed by atoms with Crippen molar-refractivity contribution in [3.05, 3.63) is 64.6 Å². The van der Waals surface area contributed by atoms with E-state index in [1.54, 1.807) is 62.1 Å². The maximum Gasteiger partial charge on any atom is 0.410 e. The predicted molar refractivity (Wildman–Crippen MR) is 124 cm³/mol. The van der Waals surface area contributed by atoms with Gasteiger partial charge in [-0.05, 0) is 57.9 Å². The van der Waals surface area contributed by atoms with Gasteiger partial charge in [0, 0.05) is 13.1 Å². The van der Waals surface area contributed by atoms with Crippen LogP contribution in [0.25, 0.3) is 10.9 Å². The lowest BCUT2D eigenvalue weighted by molar-refractivity contribution is -0.151. The van der Waals surface area contributed by atoms with E-state index in [1.807, 2.05) is 0 Å². The molecule has 1 amide bonds. The number of benzene rings is 1. The number of ether oxygens (including phenoxy) is 2. The second kappa shape index (κ2) is 9.70. The van der Waals surface area contributed by atoms with Crippen molar-refractivity contribution in [2.75, 3.05) is 13.1 Å². The maximum absolute atomic E-state index is 13.1. The average Bonchev–Trinajstić information content (AvgIpc) is 3.32. The molecule has 0 saturated carbocycles. The fraction of sp³-hybridized carbons (Fsp3) is 0.440. The van der Waals surface area contributed by atoms with Gasteiger partial charge in [-0.25, -0.2) is 9.78 Å². The summed E-state index contributed by atoms with van der Waals surface area (Å²) in [6.45, 7) is 6.19. The number of nitrogens with zero attached hydrogens (tertiary/aromatic N) is 3. The molecule has 3 aromatic rings. The molecule has 1 aromatic carbocycles. The number of esters is 1. The maximum atomic E-state index is 13.1. The normalized spacial score (nSPS) is 16.4. The van der Waals surface area contributed by atoms with Gasteiger partial charge in [0.25, 0.3) is 5.56 Å². The van der Waals surface area contributed by atoms with E-state index in [4.69, 9.17) is 13.9 Å². The molecule has 4 rings (SSSR count). The van der Waals surface area contributed by atoms with Crippen molar-refractivity contribution in [1.29, 1.82) is 0 Å². The number of hydrogen-bond acceptors (Lipinski definition) is 7. The van der Waals surface area contributed by atoms with E-state index >= 15 is 0 Å². The minimum absolute atomic E-state index is 0.164. The highest BCUT2D eigenvalue weighted by molar-refractivity contribution is 5.77. The van der Waals surface area contributed by atoms with Gasteiger partial charge in [-0.3, -0.25) is 14.2 Å². The average molecular weight is 468 g/mol. The van der Waals surface area contributed by atoms with Gasteiger partial charge >= 0.3 is 12.1 Å². The molecule has 0 radical (unpaired) electrons. The number of rotatable bonds is 5. The first-order chi connectivity index (χ1) is 16.2. The fourth-order valence-corrected chi connectivity index (χ4v) is 3.96. The van der Waals surface area contributed by atoms with E-state index in [0.29, 0.717) is 41.9 Å². The Morgan fingerprint density at radius 1 is 1.18 bits per heavy atom. The van der Waals surface area contributed by atoms with Crippen molar-refractivity contribution in [1.82, 2.24) is 14.5 Å². The molecule has 1 fully saturated rings. The SMILES string of the molecule is CC(C)(C)OC(=O)N1CCCC(C(=O)OCc2nc3ccccc3c(=O)n2Cc2ccco2)C1. The second-order valence-electron chi connectivity index (χ2n) is 9.39. The summed E-state index contributed by atoms with van der Waals surface area (Å²) < 4.78 is 17.9. The summed E-state index contributed by atoms with van der Waals surface area (Å²) in [5, 5.41) is 0.476. The molecule has 34 heavy (non-hydrogen) atoms. The van der Waals surface area contributed by atoms with Crippen LogP contribution in [0.5, 0.6) is 0 Å². The summed E-state index contributed by atoms with van der Waals surface area (Å²) in [7, 11) is 0. The van der Waals surface area contributed by atoms with Crippen LogP contribution in [0.4, 0.5) is 4.79 Å². The molecule has 9 nitrogen and oxygen atoms in total. The monoisotopic (exact) mass is 467 g/mol. The summed E-state index contributed by atoms with van der Waals surface area (Å²) in [5.41, 5.74) is -0.311. The molecule has 1 saturated heterocycles. The number of hydrogen-bond donors (Lipinski definition) is 0. The van der Waals surface area contributed by atoms with E-state index in [0.717, 1.165) is 0 Å². The first-order valence-electron chi connectivity index (χ1n) is 11.4. The summed E-state index contributed by atoms with van der Waals surface area (Å²) in [4.78, 5) is 44.5. The van der Waals surface area contributed by atoms with Crippen LogP contribution in [-0.4, -0.2) is 45.2 Å². The Morgan fingerprint density at radius 2 is 1.97 bits per heavy atom. The summed E-state index contributed by atoms with van der Waals surface area (Å²) in [6, 6.07) is 10.6. The van der Waals surface area contributed by atoms with E-state index in [9.17, 15) is 14.4 Å². The molecule has 1 atom stereocenters. The zero-order valence-electron chi connectivity index (χ0n) is 19.7. The van der Waals surface area contributed by atoms with Gasteiger partial charge < -0.3 is 18.8 Å². The van der Waals surface area contributed by atoms with Gasteiger partial charge in [-0.1, -0.05) is 12.1 Å².